The SMILES string of the molecule is Cc1ccc(NC(=O)c2sc3cccc(F)c3c2Cl)nc1. The second-order valence-electron chi connectivity index (χ2n) is 4.53. The van der Waals surface area contributed by atoms with Gasteiger partial charge in [0, 0.05) is 16.3 Å². The number of fused-ring (bicyclic) bond motifs is 1. The Bertz CT molecular complexity index is 830. The van der Waals surface area contributed by atoms with Crippen LogP contribution in [0.2, 0.25) is 5.02 Å². The average molecular weight is 321 g/mol. The summed E-state index contributed by atoms with van der Waals surface area (Å²) in [7, 11) is 0. The summed E-state index contributed by atoms with van der Waals surface area (Å²) in [5.41, 5.74) is 0.995. The number of nitrogens with one attached hydrogen (secondary N) is 1. The van der Waals surface area contributed by atoms with Gasteiger partial charge in [-0.15, -0.1) is 11.3 Å². The number of hydrogen-bond acceptors (Lipinski definition) is 3. The van der Waals surface area contributed by atoms with Crippen LogP contribution in [0.1, 0.15) is 15.2 Å². The standard InChI is InChI=1S/C15H10ClFN2OS/c1-8-5-6-11(18-7-8)19-15(20)14-13(16)12-9(17)3-2-4-10(12)21-14/h2-7H,1H3,(H,18,19,20). The van der Waals surface area contributed by atoms with Gasteiger partial charge in [0.1, 0.15) is 16.5 Å². The first-order chi connectivity index (χ1) is 10.1. The summed E-state index contributed by atoms with van der Waals surface area (Å²) in [6.07, 6.45) is 1.65. The van der Waals surface area contributed by atoms with E-state index in [-0.39, 0.29) is 15.3 Å². The number of nitrogens with zero attached hydrogens (tertiary/aromatic N) is 1. The van der Waals surface area contributed by atoms with Crippen LogP contribution >= 0.6 is 22.9 Å². The van der Waals surface area contributed by atoms with Crippen molar-refractivity contribution < 1.29 is 9.18 Å². The first-order valence-corrected chi connectivity index (χ1v) is 7.36. The molecular formula is C15H10ClFN2OS. The van der Waals surface area contributed by atoms with Gasteiger partial charge in [0.15, 0.2) is 0 Å². The minimum Gasteiger partial charge on any atom is -0.306 e. The van der Waals surface area contributed by atoms with E-state index in [9.17, 15) is 9.18 Å². The maximum atomic E-state index is 13.8. The third-order valence-corrected chi connectivity index (χ3v) is 4.61. The van der Waals surface area contributed by atoms with Crippen molar-refractivity contribution in [2.24, 2.45) is 0 Å². The molecule has 0 aliphatic heterocycles. The number of thiophene rings is 1. The van der Waals surface area contributed by atoms with Crippen LogP contribution in [0, 0.1) is 12.7 Å². The van der Waals surface area contributed by atoms with Crippen molar-refractivity contribution in [3.8, 4) is 0 Å². The fourth-order valence-electron chi connectivity index (χ4n) is 1.93. The van der Waals surface area contributed by atoms with Gasteiger partial charge in [0.05, 0.1) is 5.02 Å². The van der Waals surface area contributed by atoms with Crippen molar-refractivity contribution in [1.29, 1.82) is 0 Å². The van der Waals surface area contributed by atoms with E-state index in [0.717, 1.165) is 16.9 Å². The number of benzene rings is 1. The lowest BCUT2D eigenvalue weighted by Crippen LogP contribution is -2.11. The maximum Gasteiger partial charge on any atom is 0.268 e. The third-order valence-electron chi connectivity index (χ3n) is 2.97. The molecule has 3 aromatic rings. The van der Waals surface area contributed by atoms with Gasteiger partial charge in [-0.05, 0) is 30.7 Å². The molecule has 0 fully saturated rings. The molecule has 1 amide bonds. The van der Waals surface area contributed by atoms with E-state index >= 15 is 0 Å². The predicted molar refractivity (Wildman–Crippen MR) is 83.7 cm³/mol. The van der Waals surface area contributed by atoms with Gasteiger partial charge in [-0.1, -0.05) is 23.7 Å². The normalized spacial score (nSPS) is 10.8. The van der Waals surface area contributed by atoms with Crippen LogP contribution in [0.15, 0.2) is 36.5 Å². The highest BCUT2D eigenvalue weighted by molar-refractivity contribution is 7.21. The van der Waals surface area contributed by atoms with Gasteiger partial charge in [-0.2, -0.15) is 0 Å². The Kier molecular flexibility index (Phi) is 3.61. The molecule has 21 heavy (non-hydrogen) atoms. The van der Waals surface area contributed by atoms with Crippen molar-refractivity contribution in [1.82, 2.24) is 4.98 Å². The summed E-state index contributed by atoms with van der Waals surface area (Å²) in [6.45, 7) is 1.91. The minimum atomic E-state index is -0.429. The van der Waals surface area contributed by atoms with E-state index in [0.29, 0.717) is 10.5 Å². The lowest BCUT2D eigenvalue weighted by atomic mass is 10.2. The molecular weight excluding hydrogens is 311 g/mol. The monoisotopic (exact) mass is 320 g/mol. The lowest BCUT2D eigenvalue weighted by molar-refractivity contribution is 0.103. The molecule has 3 nitrogen and oxygen atoms in total. The van der Waals surface area contributed by atoms with E-state index < -0.39 is 11.7 Å². The van der Waals surface area contributed by atoms with E-state index in [1.165, 1.54) is 6.07 Å². The van der Waals surface area contributed by atoms with Crippen molar-refractivity contribution in [2.45, 2.75) is 6.92 Å². The number of pyridine rings is 1. The van der Waals surface area contributed by atoms with Crippen molar-refractivity contribution in [2.75, 3.05) is 5.32 Å². The summed E-state index contributed by atoms with van der Waals surface area (Å²) in [6, 6.07) is 8.19. The number of aromatic nitrogens is 1. The van der Waals surface area contributed by atoms with Gasteiger partial charge in [0.25, 0.3) is 5.91 Å². The minimum absolute atomic E-state index is 0.137. The molecule has 1 N–H and O–H groups in total. The molecule has 0 aliphatic rings. The van der Waals surface area contributed by atoms with Gasteiger partial charge >= 0.3 is 0 Å². The summed E-state index contributed by atoms with van der Waals surface area (Å²) >= 11 is 7.29. The van der Waals surface area contributed by atoms with Crippen LogP contribution in [0.5, 0.6) is 0 Å². The Morgan fingerprint density at radius 1 is 1.33 bits per heavy atom. The Hall–Kier alpha value is -1.98. The largest absolute Gasteiger partial charge is 0.306 e. The van der Waals surface area contributed by atoms with E-state index in [4.69, 9.17) is 11.6 Å². The van der Waals surface area contributed by atoms with Crippen molar-refractivity contribution in [3.63, 3.8) is 0 Å². The van der Waals surface area contributed by atoms with Crippen LogP contribution in [0.25, 0.3) is 10.1 Å². The first kappa shape index (κ1) is 14.0. The van der Waals surface area contributed by atoms with Crippen molar-refractivity contribution >= 4 is 44.7 Å². The molecule has 0 atom stereocenters. The summed E-state index contributed by atoms with van der Waals surface area (Å²) < 4.78 is 14.4. The fraction of sp³-hybridized carbons (Fsp3) is 0.0667. The molecule has 0 radical (unpaired) electrons. The van der Waals surface area contributed by atoms with E-state index in [1.807, 2.05) is 13.0 Å². The van der Waals surface area contributed by atoms with Gasteiger partial charge < -0.3 is 5.32 Å². The van der Waals surface area contributed by atoms with Gasteiger partial charge in [0.2, 0.25) is 0 Å². The third kappa shape index (κ3) is 2.62. The molecule has 0 spiro atoms. The number of anilines is 1. The van der Waals surface area contributed by atoms with Crippen LogP contribution in [0.4, 0.5) is 10.2 Å². The second-order valence-corrected chi connectivity index (χ2v) is 5.96. The molecule has 2 heterocycles. The highest BCUT2D eigenvalue weighted by Gasteiger charge is 2.19. The van der Waals surface area contributed by atoms with E-state index in [2.05, 4.69) is 10.3 Å². The fourth-order valence-corrected chi connectivity index (χ4v) is 3.38. The summed E-state index contributed by atoms with van der Waals surface area (Å²) in [4.78, 5) is 16.6. The zero-order valence-electron chi connectivity index (χ0n) is 11.0. The van der Waals surface area contributed by atoms with Crippen LogP contribution < -0.4 is 5.32 Å². The highest BCUT2D eigenvalue weighted by atomic mass is 35.5. The number of amides is 1. The zero-order valence-corrected chi connectivity index (χ0v) is 12.6. The molecule has 2 aromatic heterocycles. The highest BCUT2D eigenvalue weighted by Crippen LogP contribution is 2.37. The number of halogens is 2. The van der Waals surface area contributed by atoms with Gasteiger partial charge in [-0.25, -0.2) is 9.37 Å². The number of hydrogen-bond donors (Lipinski definition) is 1. The lowest BCUT2D eigenvalue weighted by Gasteiger charge is -2.03. The van der Waals surface area contributed by atoms with Crippen molar-refractivity contribution in [3.05, 3.63) is 57.8 Å². The van der Waals surface area contributed by atoms with E-state index in [1.54, 1.807) is 24.4 Å². The molecule has 0 bridgehead atoms. The molecule has 0 unspecified atom stereocenters. The summed E-state index contributed by atoms with van der Waals surface area (Å²) in [5, 5.41) is 3.08. The second kappa shape index (κ2) is 5.42. The smallest absolute Gasteiger partial charge is 0.268 e. The molecule has 3 rings (SSSR count). The zero-order chi connectivity index (χ0) is 15.0. The average Bonchev–Trinajstić information content (AvgIpc) is 2.80. The molecule has 6 heteroatoms. The number of carbonyl (C=O) groups excluding carboxylic acids is 1. The Labute approximate surface area is 129 Å². The molecule has 0 saturated carbocycles. The summed E-state index contributed by atoms with van der Waals surface area (Å²) in [5.74, 6) is -0.391. The molecule has 106 valence electrons. The Morgan fingerprint density at radius 2 is 2.14 bits per heavy atom. The molecule has 0 saturated heterocycles. The molecule has 0 aliphatic carbocycles. The Balaban J connectivity index is 1.96. The quantitative estimate of drug-likeness (QED) is 0.746. The Morgan fingerprint density at radius 3 is 2.81 bits per heavy atom. The van der Waals surface area contributed by atoms with Crippen LogP contribution in [-0.4, -0.2) is 10.9 Å². The number of rotatable bonds is 2. The van der Waals surface area contributed by atoms with Crippen LogP contribution in [-0.2, 0) is 0 Å². The predicted octanol–water partition coefficient (Wildman–Crippen LogP) is 4.65. The topological polar surface area (TPSA) is 42.0 Å². The number of carbonyl (C=O) groups is 1. The first-order valence-electron chi connectivity index (χ1n) is 6.17. The van der Waals surface area contributed by atoms with Gasteiger partial charge in [-0.3, -0.25) is 4.79 Å². The maximum absolute atomic E-state index is 13.8. The van der Waals surface area contributed by atoms with Crippen LogP contribution in [0.3, 0.4) is 0 Å². The number of aryl methyl sites for hydroxylation is 1. The molecule has 1 aromatic carbocycles.